The number of halogens is 2. The van der Waals surface area contributed by atoms with Crippen molar-refractivity contribution >= 4 is 11.5 Å². The van der Waals surface area contributed by atoms with E-state index in [-0.39, 0.29) is 28.7 Å². The van der Waals surface area contributed by atoms with Crippen molar-refractivity contribution in [1.82, 2.24) is 0 Å². The van der Waals surface area contributed by atoms with Crippen LogP contribution in [0.3, 0.4) is 0 Å². The second kappa shape index (κ2) is 9.45. The molecule has 0 saturated heterocycles. The third kappa shape index (κ3) is 4.22. The molecule has 5 aliphatic carbocycles. The molecule has 0 radical (unpaired) electrons. The first-order valence-electron chi connectivity index (χ1n) is 13.4. The highest BCUT2D eigenvalue weighted by molar-refractivity contribution is 5.93. The van der Waals surface area contributed by atoms with Gasteiger partial charge in [0.1, 0.15) is 0 Å². The molecule has 1 aromatic carbocycles. The lowest BCUT2D eigenvalue weighted by molar-refractivity contribution is -0.114. The van der Waals surface area contributed by atoms with Gasteiger partial charge in [-0.2, -0.15) is 0 Å². The van der Waals surface area contributed by atoms with Gasteiger partial charge in [0.25, 0.3) is 0 Å². The Morgan fingerprint density at radius 1 is 1.06 bits per heavy atom. The van der Waals surface area contributed by atoms with Crippen LogP contribution in [0.4, 0.5) is 14.5 Å². The maximum absolute atomic E-state index is 15.5. The molecule has 5 heteroatoms. The van der Waals surface area contributed by atoms with Gasteiger partial charge in [0.05, 0.1) is 11.8 Å². The zero-order valence-corrected chi connectivity index (χ0v) is 21.6. The molecule has 6 rings (SSSR count). The Morgan fingerprint density at radius 2 is 1.81 bits per heavy atom. The van der Waals surface area contributed by atoms with E-state index in [9.17, 15) is 14.3 Å². The first-order valence-corrected chi connectivity index (χ1v) is 13.4. The lowest BCUT2D eigenvalue weighted by Crippen LogP contribution is -2.45. The number of allylic oxidation sites excluding steroid dienone is 4. The molecule has 0 heterocycles. The fraction of sp³-hybridized carbons (Fsp3) is 0.581. The number of terminal acetylenes is 1. The number of carbonyl (C=O) groups is 1. The van der Waals surface area contributed by atoms with Crippen LogP contribution in [0.2, 0.25) is 0 Å². The molecular weight excluding hydrogens is 456 g/mol. The molecule has 3 saturated carbocycles. The van der Waals surface area contributed by atoms with E-state index in [1.807, 2.05) is 0 Å². The summed E-state index contributed by atoms with van der Waals surface area (Å²) in [5, 5.41) is 10.9. The molecule has 5 aliphatic rings. The molecule has 5 unspecified atom stereocenters. The second-order valence-corrected chi connectivity index (χ2v) is 11.8. The van der Waals surface area contributed by atoms with E-state index in [0.717, 1.165) is 31.3 Å². The molecule has 192 valence electrons. The van der Waals surface area contributed by atoms with Gasteiger partial charge in [-0.15, -0.1) is 12.3 Å². The Hall–Kier alpha value is -2.45. The topological polar surface area (TPSA) is 40.5 Å². The van der Waals surface area contributed by atoms with Crippen molar-refractivity contribution in [3.05, 3.63) is 52.1 Å². The summed E-state index contributed by atoms with van der Waals surface area (Å²) in [6, 6.07) is 3.40. The zero-order valence-electron chi connectivity index (χ0n) is 21.6. The van der Waals surface area contributed by atoms with Crippen LogP contribution >= 0.6 is 0 Å². The molecule has 0 aromatic heterocycles. The molecule has 0 bridgehead atoms. The Balaban J connectivity index is 0.000000477. The number of hydrogen-bond donors (Lipinski definition) is 1. The molecular formula is C31H37F2NO2. The summed E-state index contributed by atoms with van der Waals surface area (Å²) in [6.45, 7) is 2.14. The molecule has 0 amide bonds. The molecule has 0 aliphatic heterocycles. The van der Waals surface area contributed by atoms with Crippen LogP contribution in [-0.2, 0) is 4.79 Å². The summed E-state index contributed by atoms with van der Waals surface area (Å²) >= 11 is 0. The maximum atomic E-state index is 15.5. The summed E-state index contributed by atoms with van der Waals surface area (Å²) in [5.41, 5.74) is 3.86. The Labute approximate surface area is 213 Å². The van der Waals surface area contributed by atoms with Crippen molar-refractivity contribution in [3.63, 3.8) is 0 Å². The van der Waals surface area contributed by atoms with Gasteiger partial charge < -0.3 is 10.0 Å². The van der Waals surface area contributed by atoms with E-state index in [2.05, 4.69) is 12.8 Å². The number of aliphatic hydroxyl groups excluding tert-OH is 1. The highest BCUT2D eigenvalue weighted by Gasteiger charge is 2.56. The minimum Gasteiger partial charge on any atom is -0.393 e. The normalized spacial score (nSPS) is 32.9. The van der Waals surface area contributed by atoms with Crippen LogP contribution in [0.15, 0.2) is 34.9 Å². The van der Waals surface area contributed by atoms with Crippen LogP contribution in [0.5, 0.6) is 0 Å². The van der Waals surface area contributed by atoms with Crippen LogP contribution in [0.25, 0.3) is 0 Å². The maximum Gasteiger partial charge on any atom is 0.182 e. The average molecular weight is 494 g/mol. The van der Waals surface area contributed by atoms with E-state index in [4.69, 9.17) is 6.42 Å². The standard InChI is InChI=1S/C26H31F2NO2.C5H6/c1-26-13-19(17-8-10-21(29(2)3)25(28)24(17)27)23-16-7-5-15(30)12-14(16)4-6-18(23)20(26)9-11-22(26)31;1-2-5-3-4-5/h8,10,12,18-20,22,31H,4-7,9,11,13H2,1-3H3;1,5H,3-4H2. The fourth-order valence-corrected chi connectivity index (χ4v) is 7.33. The van der Waals surface area contributed by atoms with Gasteiger partial charge in [0, 0.05) is 32.4 Å². The number of rotatable bonds is 2. The van der Waals surface area contributed by atoms with Crippen LogP contribution < -0.4 is 4.90 Å². The van der Waals surface area contributed by atoms with Crippen molar-refractivity contribution in [2.24, 2.45) is 23.2 Å². The van der Waals surface area contributed by atoms with Crippen molar-refractivity contribution in [1.29, 1.82) is 0 Å². The molecule has 1 aromatic rings. The van der Waals surface area contributed by atoms with E-state index in [1.165, 1.54) is 24.0 Å². The Morgan fingerprint density at radius 3 is 2.44 bits per heavy atom. The first kappa shape index (κ1) is 25.2. The van der Waals surface area contributed by atoms with Crippen LogP contribution in [0, 0.1) is 47.1 Å². The van der Waals surface area contributed by atoms with Gasteiger partial charge in [-0.25, -0.2) is 8.78 Å². The van der Waals surface area contributed by atoms with Crippen LogP contribution in [0.1, 0.15) is 76.2 Å². The van der Waals surface area contributed by atoms with Gasteiger partial charge in [0.15, 0.2) is 17.4 Å². The Kier molecular flexibility index (Phi) is 6.62. The summed E-state index contributed by atoms with van der Waals surface area (Å²) in [7, 11) is 3.41. The minimum absolute atomic E-state index is 0.166. The molecule has 0 spiro atoms. The molecule has 3 fully saturated rings. The molecule has 5 atom stereocenters. The number of benzene rings is 1. The van der Waals surface area contributed by atoms with Gasteiger partial charge in [-0.05, 0) is 97.5 Å². The van der Waals surface area contributed by atoms with E-state index in [1.54, 1.807) is 37.2 Å². The number of nitrogens with zero attached hydrogens (tertiary/aromatic N) is 1. The number of carbonyl (C=O) groups excluding carboxylic acids is 1. The predicted octanol–water partition coefficient (Wildman–Crippen LogP) is 6.32. The third-order valence-electron chi connectivity index (χ3n) is 9.44. The van der Waals surface area contributed by atoms with Gasteiger partial charge in [-0.1, -0.05) is 18.6 Å². The number of fused-ring (bicyclic) bond motifs is 4. The van der Waals surface area contributed by atoms with Gasteiger partial charge in [-0.3, -0.25) is 4.79 Å². The first-order chi connectivity index (χ1) is 17.2. The van der Waals surface area contributed by atoms with E-state index in [0.29, 0.717) is 36.7 Å². The molecule has 36 heavy (non-hydrogen) atoms. The lowest BCUT2D eigenvalue weighted by Gasteiger charge is -2.52. The molecule has 3 nitrogen and oxygen atoms in total. The fourth-order valence-electron chi connectivity index (χ4n) is 7.33. The summed E-state index contributed by atoms with van der Waals surface area (Å²) in [4.78, 5) is 13.6. The third-order valence-corrected chi connectivity index (χ3v) is 9.44. The quantitative estimate of drug-likeness (QED) is 0.490. The lowest BCUT2D eigenvalue weighted by atomic mass is 9.53. The van der Waals surface area contributed by atoms with Crippen LogP contribution in [-0.4, -0.2) is 31.1 Å². The number of anilines is 1. The van der Waals surface area contributed by atoms with Crippen molar-refractivity contribution < 1.29 is 18.7 Å². The monoisotopic (exact) mass is 493 g/mol. The smallest absolute Gasteiger partial charge is 0.182 e. The zero-order chi connectivity index (χ0) is 25.8. The summed E-state index contributed by atoms with van der Waals surface area (Å²) in [6.07, 6.45) is 14.2. The van der Waals surface area contributed by atoms with Gasteiger partial charge >= 0.3 is 0 Å². The minimum atomic E-state index is -0.811. The van der Waals surface area contributed by atoms with E-state index >= 15 is 4.39 Å². The average Bonchev–Trinajstić information content (AvgIpc) is 3.64. The number of aliphatic hydroxyl groups is 1. The van der Waals surface area contributed by atoms with Crippen molar-refractivity contribution in [3.8, 4) is 12.3 Å². The largest absolute Gasteiger partial charge is 0.393 e. The van der Waals surface area contributed by atoms with Crippen molar-refractivity contribution in [2.75, 3.05) is 19.0 Å². The highest BCUT2D eigenvalue weighted by atomic mass is 19.2. The highest BCUT2D eigenvalue weighted by Crippen LogP contribution is 2.64. The second-order valence-electron chi connectivity index (χ2n) is 11.8. The predicted molar refractivity (Wildman–Crippen MR) is 139 cm³/mol. The van der Waals surface area contributed by atoms with E-state index < -0.39 is 17.7 Å². The summed E-state index contributed by atoms with van der Waals surface area (Å²) in [5.74, 6) is 2.23. The SMILES string of the molecule is C#CC1CC1.CN(C)c1ccc(C2CC3(C)C(O)CCC3C3CCC4=CC(=O)CCC4=C23)c(F)c1F. The van der Waals surface area contributed by atoms with Crippen molar-refractivity contribution in [2.45, 2.75) is 76.7 Å². The Bertz CT molecular complexity index is 1170. The number of ketones is 1. The summed E-state index contributed by atoms with van der Waals surface area (Å²) < 4.78 is 30.4. The molecule has 1 N–H and O–H groups in total. The number of hydrogen-bond acceptors (Lipinski definition) is 3. The van der Waals surface area contributed by atoms with Gasteiger partial charge in [0.2, 0.25) is 0 Å².